The maximum atomic E-state index is 12.4. The normalized spacial score (nSPS) is 13.4. The third-order valence-electron chi connectivity index (χ3n) is 4.67. The molecule has 1 unspecified atom stereocenters. The van der Waals surface area contributed by atoms with Gasteiger partial charge in [0.25, 0.3) is 12.3 Å². The molecule has 0 aliphatic heterocycles. The molecule has 0 aliphatic rings. The Kier molecular flexibility index (Phi) is 6.61. The van der Waals surface area contributed by atoms with Crippen molar-refractivity contribution in [2.75, 3.05) is 13.2 Å². The third kappa shape index (κ3) is 4.91. The number of alkyl halides is 2. The van der Waals surface area contributed by atoms with E-state index in [1.165, 1.54) is 6.20 Å². The van der Waals surface area contributed by atoms with E-state index in [2.05, 4.69) is 15.4 Å². The minimum atomic E-state index is -2.53. The Morgan fingerprint density at radius 1 is 1.30 bits per heavy atom. The fourth-order valence-corrected chi connectivity index (χ4v) is 3.07. The molecule has 30 heavy (non-hydrogen) atoms. The van der Waals surface area contributed by atoms with Crippen LogP contribution in [0.15, 0.2) is 36.7 Å². The minimum Gasteiger partial charge on any atom is -0.487 e. The van der Waals surface area contributed by atoms with E-state index in [1.54, 1.807) is 42.9 Å². The Morgan fingerprint density at radius 2 is 2.07 bits per heavy atom. The van der Waals surface area contributed by atoms with Crippen molar-refractivity contribution in [2.45, 2.75) is 39.3 Å². The van der Waals surface area contributed by atoms with Gasteiger partial charge in [-0.05, 0) is 44.0 Å². The summed E-state index contributed by atoms with van der Waals surface area (Å²) < 4.78 is 31.6. The van der Waals surface area contributed by atoms with Crippen LogP contribution in [0.2, 0.25) is 0 Å². The minimum absolute atomic E-state index is 0.126. The zero-order chi connectivity index (χ0) is 21.8. The topological polar surface area (TPSA) is 89.3 Å². The molecule has 0 saturated heterocycles. The lowest BCUT2D eigenvalue weighted by Gasteiger charge is -2.15. The second kappa shape index (κ2) is 9.17. The van der Waals surface area contributed by atoms with Gasteiger partial charge in [-0.25, -0.2) is 8.78 Å². The molecule has 0 spiro atoms. The van der Waals surface area contributed by atoms with Gasteiger partial charge < -0.3 is 15.2 Å². The third-order valence-corrected chi connectivity index (χ3v) is 4.67. The van der Waals surface area contributed by atoms with Crippen LogP contribution in [0.4, 0.5) is 8.78 Å². The van der Waals surface area contributed by atoms with E-state index in [0.29, 0.717) is 16.7 Å². The van der Waals surface area contributed by atoms with Crippen molar-refractivity contribution < 1.29 is 23.4 Å². The number of ether oxygens (including phenoxy) is 1. The second-order valence-electron chi connectivity index (χ2n) is 7.16. The molecule has 160 valence electrons. The fourth-order valence-electron chi connectivity index (χ4n) is 3.07. The van der Waals surface area contributed by atoms with Crippen molar-refractivity contribution in [2.24, 2.45) is 0 Å². The molecule has 0 radical (unpaired) electrons. The van der Waals surface area contributed by atoms with E-state index >= 15 is 0 Å². The Hall–Kier alpha value is -3.07. The number of pyridine rings is 1. The summed E-state index contributed by atoms with van der Waals surface area (Å²) in [6.45, 7) is 4.81. The van der Waals surface area contributed by atoms with Crippen LogP contribution in [-0.4, -0.2) is 51.5 Å². The molecule has 1 amide bonds. The van der Waals surface area contributed by atoms with Crippen molar-refractivity contribution in [3.63, 3.8) is 0 Å². The van der Waals surface area contributed by atoms with Crippen LogP contribution in [-0.2, 0) is 0 Å². The molecule has 2 atom stereocenters. The van der Waals surface area contributed by atoms with E-state index in [4.69, 9.17) is 4.74 Å². The molecule has 0 bridgehead atoms. The highest BCUT2D eigenvalue weighted by Gasteiger charge is 2.18. The van der Waals surface area contributed by atoms with Crippen molar-refractivity contribution in [1.29, 1.82) is 0 Å². The molecule has 9 heteroatoms. The van der Waals surface area contributed by atoms with Crippen LogP contribution in [0, 0.1) is 6.92 Å². The zero-order valence-corrected chi connectivity index (χ0v) is 17.0. The number of amides is 1. The lowest BCUT2D eigenvalue weighted by Crippen LogP contribution is -2.31. The summed E-state index contributed by atoms with van der Waals surface area (Å²) in [6.07, 6.45) is 0.0776. The van der Waals surface area contributed by atoms with Gasteiger partial charge in [0.1, 0.15) is 18.1 Å². The first-order chi connectivity index (χ1) is 14.3. The molecule has 3 rings (SSSR count). The van der Waals surface area contributed by atoms with Crippen LogP contribution in [0.3, 0.4) is 0 Å². The van der Waals surface area contributed by atoms with Gasteiger partial charge in [-0.15, -0.1) is 0 Å². The highest BCUT2D eigenvalue weighted by molar-refractivity contribution is 6.04. The Balaban J connectivity index is 1.85. The van der Waals surface area contributed by atoms with Crippen molar-refractivity contribution in [3.05, 3.63) is 53.5 Å². The standard InChI is InChI=1S/C21H24F2N4O3/c1-12-8-15(4-5-18(12)30-11-19(22)23)14(3)27-10-16-17(26-27)6-7-24-20(16)21(29)25-9-13(2)28/h4-8,10,13-14,19,28H,9,11H2,1-3H3,(H,25,29)/t13-,14?/m1/s1. The van der Waals surface area contributed by atoms with Crippen LogP contribution in [0.1, 0.15) is 41.5 Å². The fraction of sp³-hybridized carbons (Fsp3) is 0.381. The molecule has 2 aromatic heterocycles. The summed E-state index contributed by atoms with van der Waals surface area (Å²) in [7, 11) is 0. The number of rotatable bonds is 8. The molecule has 7 nitrogen and oxygen atoms in total. The summed E-state index contributed by atoms with van der Waals surface area (Å²) >= 11 is 0. The maximum absolute atomic E-state index is 12.4. The number of aliphatic hydroxyl groups is 1. The number of carbonyl (C=O) groups excluding carboxylic acids is 1. The Labute approximate surface area is 172 Å². The van der Waals surface area contributed by atoms with Crippen LogP contribution < -0.4 is 10.1 Å². The monoisotopic (exact) mass is 418 g/mol. The lowest BCUT2D eigenvalue weighted by atomic mass is 10.1. The predicted molar refractivity (Wildman–Crippen MR) is 108 cm³/mol. The largest absolute Gasteiger partial charge is 0.487 e. The highest BCUT2D eigenvalue weighted by Crippen LogP contribution is 2.26. The summed E-state index contributed by atoms with van der Waals surface area (Å²) in [6, 6.07) is 6.89. The van der Waals surface area contributed by atoms with Crippen LogP contribution in [0.25, 0.3) is 10.9 Å². The summed E-state index contributed by atoms with van der Waals surface area (Å²) in [5.41, 5.74) is 2.51. The van der Waals surface area contributed by atoms with Gasteiger partial charge in [0.05, 0.1) is 23.0 Å². The smallest absolute Gasteiger partial charge is 0.272 e. The average molecular weight is 418 g/mol. The molecule has 0 aliphatic carbocycles. The number of hydrogen-bond acceptors (Lipinski definition) is 5. The van der Waals surface area contributed by atoms with Crippen LogP contribution >= 0.6 is 0 Å². The molecule has 3 aromatic rings. The number of nitrogens with one attached hydrogen (secondary N) is 1. The molecule has 2 N–H and O–H groups in total. The quantitative estimate of drug-likeness (QED) is 0.587. The maximum Gasteiger partial charge on any atom is 0.272 e. The van der Waals surface area contributed by atoms with E-state index in [-0.39, 0.29) is 24.2 Å². The van der Waals surface area contributed by atoms with E-state index < -0.39 is 19.1 Å². The molecule has 2 heterocycles. The van der Waals surface area contributed by atoms with Gasteiger partial charge in [0.2, 0.25) is 0 Å². The average Bonchev–Trinajstić information content (AvgIpc) is 3.14. The van der Waals surface area contributed by atoms with E-state index in [0.717, 1.165) is 11.1 Å². The van der Waals surface area contributed by atoms with Gasteiger partial charge in [-0.1, -0.05) is 12.1 Å². The van der Waals surface area contributed by atoms with Gasteiger partial charge in [0, 0.05) is 18.9 Å². The predicted octanol–water partition coefficient (Wildman–Crippen LogP) is 3.10. The number of benzene rings is 1. The number of hydrogen-bond donors (Lipinski definition) is 2. The summed E-state index contributed by atoms with van der Waals surface area (Å²) in [4.78, 5) is 16.6. The summed E-state index contributed by atoms with van der Waals surface area (Å²) in [5.74, 6) is 0.0308. The van der Waals surface area contributed by atoms with E-state index in [9.17, 15) is 18.7 Å². The summed E-state index contributed by atoms with van der Waals surface area (Å²) in [5, 5.41) is 17.2. The Morgan fingerprint density at radius 3 is 2.73 bits per heavy atom. The first-order valence-electron chi connectivity index (χ1n) is 9.58. The molecule has 0 saturated carbocycles. The van der Waals surface area contributed by atoms with Gasteiger partial charge >= 0.3 is 0 Å². The second-order valence-corrected chi connectivity index (χ2v) is 7.16. The van der Waals surface area contributed by atoms with Gasteiger partial charge in [-0.3, -0.25) is 14.5 Å². The molecular weight excluding hydrogens is 394 g/mol. The first-order valence-corrected chi connectivity index (χ1v) is 9.58. The number of nitrogens with zero attached hydrogens (tertiary/aromatic N) is 3. The SMILES string of the molecule is Cc1cc(C(C)n2cc3c(C(=O)NC[C@@H](C)O)nccc3n2)ccc1OCC(F)F. The molecular formula is C21H24F2N4O3. The highest BCUT2D eigenvalue weighted by atomic mass is 19.3. The van der Waals surface area contributed by atoms with E-state index in [1.807, 2.05) is 13.0 Å². The first kappa shape index (κ1) is 21.6. The Bertz CT molecular complexity index is 1040. The number of aliphatic hydroxyl groups excluding tert-OH is 1. The zero-order valence-electron chi connectivity index (χ0n) is 17.0. The number of aromatic nitrogens is 3. The lowest BCUT2D eigenvalue weighted by molar-refractivity contribution is 0.0815. The molecule has 1 aromatic carbocycles. The van der Waals surface area contributed by atoms with Crippen molar-refractivity contribution in [1.82, 2.24) is 20.1 Å². The number of halogens is 2. The number of aryl methyl sites for hydroxylation is 1. The van der Waals surface area contributed by atoms with Gasteiger partial charge in [0.15, 0.2) is 0 Å². The molecule has 0 fully saturated rings. The van der Waals surface area contributed by atoms with Crippen molar-refractivity contribution >= 4 is 16.8 Å². The van der Waals surface area contributed by atoms with Crippen LogP contribution in [0.5, 0.6) is 5.75 Å². The number of fused-ring (bicyclic) bond motifs is 1. The van der Waals surface area contributed by atoms with Crippen molar-refractivity contribution in [3.8, 4) is 5.75 Å². The number of carbonyl (C=O) groups is 1. The van der Waals surface area contributed by atoms with Gasteiger partial charge in [-0.2, -0.15) is 5.10 Å².